The van der Waals surface area contributed by atoms with Gasteiger partial charge in [0, 0.05) is 10.5 Å². The molecule has 1 aliphatic rings. The number of benzene rings is 1. The molecule has 2 rings (SSSR count). The van der Waals surface area contributed by atoms with Gasteiger partial charge in [-0.1, -0.05) is 30.3 Å². The second-order valence-corrected chi connectivity index (χ2v) is 5.57. The van der Waals surface area contributed by atoms with Crippen molar-refractivity contribution >= 4 is 34.1 Å². The SMILES string of the molecule is CC1CC(C(=O)N/N=C/C(Br)=C/c2ccccc2)NN1. The minimum absolute atomic E-state index is 0.141. The van der Waals surface area contributed by atoms with Gasteiger partial charge in [-0.15, -0.1) is 0 Å². The van der Waals surface area contributed by atoms with E-state index < -0.39 is 0 Å². The highest BCUT2D eigenvalue weighted by Gasteiger charge is 2.26. The van der Waals surface area contributed by atoms with Crippen molar-refractivity contribution in [2.45, 2.75) is 25.4 Å². The van der Waals surface area contributed by atoms with Crippen LogP contribution in [-0.2, 0) is 4.79 Å². The molecular formula is C14H17BrN4O. The topological polar surface area (TPSA) is 65.5 Å². The molecule has 1 aromatic carbocycles. The van der Waals surface area contributed by atoms with Crippen LogP contribution in [0, 0.1) is 0 Å². The van der Waals surface area contributed by atoms with E-state index in [0.29, 0.717) is 6.04 Å². The number of carbonyl (C=O) groups is 1. The van der Waals surface area contributed by atoms with Crippen LogP contribution in [0.5, 0.6) is 0 Å². The van der Waals surface area contributed by atoms with Crippen LogP contribution < -0.4 is 16.3 Å². The normalized spacial score (nSPS) is 23.2. The van der Waals surface area contributed by atoms with Gasteiger partial charge in [0.05, 0.1) is 6.21 Å². The molecule has 0 spiro atoms. The zero-order valence-corrected chi connectivity index (χ0v) is 12.7. The first-order valence-corrected chi connectivity index (χ1v) is 7.20. The van der Waals surface area contributed by atoms with Crippen molar-refractivity contribution in [1.82, 2.24) is 16.3 Å². The smallest absolute Gasteiger partial charge is 0.258 e. The van der Waals surface area contributed by atoms with Crippen molar-refractivity contribution < 1.29 is 4.79 Å². The summed E-state index contributed by atoms with van der Waals surface area (Å²) in [7, 11) is 0. The lowest BCUT2D eigenvalue weighted by molar-refractivity contribution is -0.122. The molecule has 0 saturated carbocycles. The number of rotatable bonds is 4. The largest absolute Gasteiger partial charge is 0.271 e. The van der Waals surface area contributed by atoms with Gasteiger partial charge in [0.15, 0.2) is 0 Å². The molecule has 2 unspecified atom stereocenters. The zero-order valence-electron chi connectivity index (χ0n) is 11.1. The van der Waals surface area contributed by atoms with E-state index in [2.05, 4.69) is 37.3 Å². The Labute approximate surface area is 126 Å². The van der Waals surface area contributed by atoms with Crippen LogP contribution in [0.4, 0.5) is 0 Å². The molecule has 6 heteroatoms. The molecule has 0 bridgehead atoms. The minimum Gasteiger partial charge on any atom is -0.271 e. The first-order valence-electron chi connectivity index (χ1n) is 6.41. The Kier molecular flexibility index (Phi) is 5.46. The van der Waals surface area contributed by atoms with Gasteiger partial charge in [0.2, 0.25) is 0 Å². The van der Waals surface area contributed by atoms with Crippen LogP contribution in [-0.4, -0.2) is 24.2 Å². The molecule has 106 valence electrons. The third-order valence-corrected chi connectivity index (χ3v) is 3.31. The number of amides is 1. The lowest BCUT2D eigenvalue weighted by atomic mass is 10.1. The van der Waals surface area contributed by atoms with E-state index in [1.807, 2.05) is 43.3 Å². The fraction of sp³-hybridized carbons (Fsp3) is 0.286. The molecule has 0 aromatic heterocycles. The van der Waals surface area contributed by atoms with Crippen molar-refractivity contribution in [3.63, 3.8) is 0 Å². The maximum absolute atomic E-state index is 11.8. The van der Waals surface area contributed by atoms with Crippen LogP contribution in [0.2, 0.25) is 0 Å². The number of hydrazine groups is 1. The van der Waals surface area contributed by atoms with Crippen LogP contribution >= 0.6 is 15.9 Å². The average Bonchev–Trinajstić information content (AvgIpc) is 2.86. The lowest BCUT2D eigenvalue weighted by Crippen LogP contribution is -2.41. The van der Waals surface area contributed by atoms with Crippen LogP contribution in [0.1, 0.15) is 18.9 Å². The predicted molar refractivity (Wildman–Crippen MR) is 84.1 cm³/mol. The van der Waals surface area contributed by atoms with Crippen LogP contribution in [0.15, 0.2) is 39.9 Å². The molecule has 20 heavy (non-hydrogen) atoms. The summed E-state index contributed by atoms with van der Waals surface area (Å²) in [6, 6.07) is 9.92. The second-order valence-electron chi connectivity index (χ2n) is 4.65. The zero-order chi connectivity index (χ0) is 14.4. The Balaban J connectivity index is 1.84. The maximum Gasteiger partial charge on any atom is 0.258 e. The first kappa shape index (κ1) is 14.9. The Bertz CT molecular complexity index is 515. The molecule has 3 N–H and O–H groups in total. The highest BCUT2D eigenvalue weighted by Crippen LogP contribution is 2.09. The molecule has 1 aliphatic heterocycles. The molecule has 1 fully saturated rings. The Hall–Kier alpha value is -1.50. The Morgan fingerprint density at radius 2 is 2.15 bits per heavy atom. The summed E-state index contributed by atoms with van der Waals surface area (Å²) in [6.07, 6.45) is 4.24. The van der Waals surface area contributed by atoms with Crippen molar-refractivity contribution in [3.8, 4) is 0 Å². The van der Waals surface area contributed by atoms with E-state index in [0.717, 1.165) is 16.5 Å². The molecule has 2 atom stereocenters. The van der Waals surface area contributed by atoms with Gasteiger partial charge in [0.25, 0.3) is 5.91 Å². The summed E-state index contributed by atoms with van der Waals surface area (Å²) in [5.41, 5.74) is 9.50. The van der Waals surface area contributed by atoms with Gasteiger partial charge >= 0.3 is 0 Å². The van der Waals surface area contributed by atoms with Gasteiger partial charge in [0.1, 0.15) is 6.04 Å². The fourth-order valence-electron chi connectivity index (χ4n) is 1.87. The maximum atomic E-state index is 11.8. The predicted octanol–water partition coefficient (Wildman–Crippen LogP) is 1.78. The Morgan fingerprint density at radius 3 is 2.80 bits per heavy atom. The van der Waals surface area contributed by atoms with Gasteiger partial charge < -0.3 is 0 Å². The van der Waals surface area contributed by atoms with Gasteiger partial charge in [-0.25, -0.2) is 10.9 Å². The number of hydrogen-bond acceptors (Lipinski definition) is 4. The number of carbonyl (C=O) groups excluding carboxylic acids is 1. The second kappa shape index (κ2) is 7.33. The molecule has 1 amide bonds. The molecule has 1 aromatic rings. The summed E-state index contributed by atoms with van der Waals surface area (Å²) in [5.74, 6) is -0.141. The number of nitrogens with zero attached hydrogens (tertiary/aromatic N) is 1. The average molecular weight is 337 g/mol. The van der Waals surface area contributed by atoms with Gasteiger partial charge in [-0.2, -0.15) is 5.10 Å². The quantitative estimate of drug-likeness (QED) is 0.580. The van der Waals surface area contributed by atoms with E-state index in [9.17, 15) is 4.79 Å². The van der Waals surface area contributed by atoms with Crippen molar-refractivity contribution in [2.24, 2.45) is 5.10 Å². The number of hydrazone groups is 1. The van der Waals surface area contributed by atoms with Crippen LogP contribution in [0.3, 0.4) is 0 Å². The molecule has 5 nitrogen and oxygen atoms in total. The summed E-state index contributed by atoms with van der Waals surface area (Å²) in [6.45, 7) is 2.02. The number of allylic oxidation sites excluding steroid dienone is 1. The van der Waals surface area contributed by atoms with E-state index >= 15 is 0 Å². The summed E-state index contributed by atoms with van der Waals surface area (Å²) < 4.78 is 0.787. The highest BCUT2D eigenvalue weighted by atomic mass is 79.9. The van der Waals surface area contributed by atoms with Crippen molar-refractivity contribution in [2.75, 3.05) is 0 Å². The lowest BCUT2D eigenvalue weighted by Gasteiger charge is -2.06. The van der Waals surface area contributed by atoms with E-state index in [1.54, 1.807) is 6.21 Å². The Morgan fingerprint density at radius 1 is 1.40 bits per heavy atom. The standard InChI is InChI=1S/C14H17BrN4O/c1-10-7-13(18-17-10)14(20)19-16-9-12(15)8-11-5-3-2-4-6-11/h2-6,8-10,13,17-18H,7H2,1H3,(H,19,20)/b12-8-,16-9+. The number of halogens is 1. The first-order chi connectivity index (χ1) is 9.65. The van der Waals surface area contributed by atoms with Crippen molar-refractivity contribution in [3.05, 3.63) is 40.4 Å². The summed E-state index contributed by atoms with van der Waals surface area (Å²) in [4.78, 5) is 11.8. The van der Waals surface area contributed by atoms with E-state index in [-0.39, 0.29) is 11.9 Å². The minimum atomic E-state index is -0.237. The molecule has 1 heterocycles. The van der Waals surface area contributed by atoms with Gasteiger partial charge in [-0.05, 0) is 40.9 Å². The van der Waals surface area contributed by atoms with Crippen LogP contribution in [0.25, 0.3) is 6.08 Å². The summed E-state index contributed by atoms with van der Waals surface area (Å²) in [5, 5.41) is 3.93. The highest BCUT2D eigenvalue weighted by molar-refractivity contribution is 9.12. The third kappa shape index (κ3) is 4.56. The number of hydrogen-bond donors (Lipinski definition) is 3. The molecule has 0 aliphatic carbocycles. The summed E-state index contributed by atoms with van der Waals surface area (Å²) >= 11 is 3.39. The van der Waals surface area contributed by atoms with E-state index in [1.165, 1.54) is 0 Å². The molecule has 0 radical (unpaired) electrons. The van der Waals surface area contributed by atoms with E-state index in [4.69, 9.17) is 0 Å². The monoisotopic (exact) mass is 336 g/mol. The molecule has 1 saturated heterocycles. The molecular weight excluding hydrogens is 320 g/mol. The fourth-order valence-corrected chi connectivity index (χ4v) is 2.23. The number of nitrogens with one attached hydrogen (secondary N) is 3. The third-order valence-electron chi connectivity index (χ3n) is 2.88. The van der Waals surface area contributed by atoms with Gasteiger partial charge in [-0.3, -0.25) is 10.2 Å². The van der Waals surface area contributed by atoms with Crippen molar-refractivity contribution in [1.29, 1.82) is 0 Å².